The van der Waals surface area contributed by atoms with Crippen molar-refractivity contribution in [3.63, 3.8) is 0 Å². The third kappa shape index (κ3) is 9.87. The molecule has 0 spiro atoms. The summed E-state index contributed by atoms with van der Waals surface area (Å²) in [4.78, 5) is 10.8. The monoisotopic (exact) mass is 462 g/mol. The molecule has 1 fully saturated rings. The van der Waals surface area contributed by atoms with Gasteiger partial charge in [0.2, 0.25) is 10.0 Å². The standard InChI is InChI=1S/C13H25NO4S.C4H10ClNO2S/c1-3-14(4-2)19(17,18)10-9-11-5-7-12(8-6-11)13(15)16;1-3-6(4-2)9(5,7)8/h11-12H,3-10H2,1-2H3,(H,15,16);3-4H2,1-2H3. The highest BCUT2D eigenvalue weighted by Gasteiger charge is 2.27. The van der Waals surface area contributed by atoms with Crippen LogP contribution in [0.5, 0.6) is 0 Å². The Morgan fingerprint density at radius 1 is 0.893 bits per heavy atom. The lowest BCUT2D eigenvalue weighted by Crippen LogP contribution is -2.33. The second-order valence-corrected chi connectivity index (χ2v) is 11.4. The highest BCUT2D eigenvalue weighted by atomic mass is 35.7. The van der Waals surface area contributed by atoms with E-state index in [0.29, 0.717) is 51.4 Å². The number of carboxylic acid groups (broad SMARTS) is 1. The third-order valence-electron chi connectivity index (χ3n) is 5.09. The first-order valence-electron chi connectivity index (χ1n) is 9.83. The summed E-state index contributed by atoms with van der Waals surface area (Å²) in [5.74, 6) is -0.386. The van der Waals surface area contributed by atoms with Gasteiger partial charge in [0.15, 0.2) is 0 Å². The lowest BCUT2D eigenvalue weighted by Gasteiger charge is -2.27. The number of rotatable bonds is 10. The average molecular weight is 463 g/mol. The topological polar surface area (TPSA) is 112 Å². The van der Waals surface area contributed by atoms with Crippen molar-refractivity contribution < 1.29 is 26.7 Å². The lowest BCUT2D eigenvalue weighted by atomic mass is 9.81. The summed E-state index contributed by atoms with van der Waals surface area (Å²) < 4.78 is 47.7. The number of aliphatic carboxylic acids is 1. The molecule has 0 unspecified atom stereocenters. The Bertz CT molecular complexity index is 653. The number of sulfonamides is 1. The first-order valence-corrected chi connectivity index (χ1v) is 13.7. The minimum Gasteiger partial charge on any atom is -0.481 e. The molecular formula is C17H35ClN2O6S2. The van der Waals surface area contributed by atoms with Crippen molar-refractivity contribution >= 4 is 35.9 Å². The van der Waals surface area contributed by atoms with Crippen molar-refractivity contribution in [1.29, 1.82) is 0 Å². The van der Waals surface area contributed by atoms with Crippen molar-refractivity contribution in [2.75, 3.05) is 31.9 Å². The molecule has 0 atom stereocenters. The minimum absolute atomic E-state index is 0.192. The van der Waals surface area contributed by atoms with Crippen LogP contribution in [0.4, 0.5) is 0 Å². The molecule has 1 rings (SSSR count). The molecule has 0 heterocycles. The van der Waals surface area contributed by atoms with Crippen LogP contribution >= 0.6 is 10.7 Å². The normalized spacial score (nSPS) is 20.7. The molecule has 1 aliphatic carbocycles. The molecule has 0 saturated heterocycles. The van der Waals surface area contributed by atoms with Crippen LogP contribution in [0, 0.1) is 11.8 Å². The summed E-state index contributed by atoms with van der Waals surface area (Å²) in [6, 6.07) is 0. The maximum Gasteiger partial charge on any atom is 0.306 e. The number of halogens is 1. The third-order valence-corrected chi connectivity index (χ3v) is 8.87. The van der Waals surface area contributed by atoms with Gasteiger partial charge in [0, 0.05) is 36.9 Å². The van der Waals surface area contributed by atoms with Gasteiger partial charge in [-0.2, -0.15) is 12.7 Å². The first kappa shape index (κ1) is 27.6. The SMILES string of the molecule is CCN(CC)S(=O)(=O)CCC1CCC(C(=O)O)CC1.CCN(CC)S(=O)(=O)Cl. The smallest absolute Gasteiger partial charge is 0.306 e. The molecule has 0 aromatic heterocycles. The Balaban J connectivity index is 0.000000684. The molecule has 1 aliphatic rings. The summed E-state index contributed by atoms with van der Waals surface area (Å²) in [5, 5.41) is 8.92. The van der Waals surface area contributed by atoms with E-state index in [2.05, 4.69) is 0 Å². The van der Waals surface area contributed by atoms with Gasteiger partial charge in [-0.25, -0.2) is 12.7 Å². The van der Waals surface area contributed by atoms with Gasteiger partial charge in [0.25, 0.3) is 9.24 Å². The van der Waals surface area contributed by atoms with Crippen molar-refractivity contribution in [2.45, 2.75) is 59.8 Å². The van der Waals surface area contributed by atoms with Gasteiger partial charge in [-0.3, -0.25) is 4.79 Å². The van der Waals surface area contributed by atoms with Crippen LogP contribution in [0.15, 0.2) is 0 Å². The second kappa shape index (κ2) is 13.0. The van der Waals surface area contributed by atoms with Crippen molar-refractivity contribution in [2.24, 2.45) is 11.8 Å². The largest absolute Gasteiger partial charge is 0.481 e. The van der Waals surface area contributed by atoms with Crippen LogP contribution in [0.3, 0.4) is 0 Å². The zero-order valence-electron chi connectivity index (χ0n) is 17.3. The van der Waals surface area contributed by atoms with E-state index in [-0.39, 0.29) is 11.7 Å². The van der Waals surface area contributed by atoms with E-state index in [9.17, 15) is 21.6 Å². The van der Waals surface area contributed by atoms with Crippen LogP contribution in [-0.4, -0.2) is 68.5 Å². The molecular weight excluding hydrogens is 428 g/mol. The fourth-order valence-corrected chi connectivity index (χ4v) is 6.17. The van der Waals surface area contributed by atoms with Crippen LogP contribution < -0.4 is 0 Å². The maximum absolute atomic E-state index is 12.0. The van der Waals surface area contributed by atoms with Gasteiger partial charge >= 0.3 is 5.97 Å². The molecule has 0 aromatic carbocycles. The van der Waals surface area contributed by atoms with Gasteiger partial charge in [-0.05, 0) is 38.0 Å². The Morgan fingerprint density at radius 2 is 1.32 bits per heavy atom. The van der Waals surface area contributed by atoms with E-state index in [1.807, 2.05) is 13.8 Å². The van der Waals surface area contributed by atoms with E-state index in [1.165, 1.54) is 8.61 Å². The summed E-state index contributed by atoms with van der Waals surface area (Å²) in [5.41, 5.74) is 0. The first-order chi connectivity index (χ1) is 12.9. The molecule has 0 amide bonds. The van der Waals surface area contributed by atoms with Gasteiger partial charge in [0.05, 0.1) is 11.7 Å². The molecule has 168 valence electrons. The molecule has 0 bridgehead atoms. The summed E-state index contributed by atoms with van der Waals surface area (Å²) in [6.07, 6.45) is 3.71. The van der Waals surface area contributed by atoms with Crippen LogP contribution in [0.25, 0.3) is 0 Å². The number of hydrogen-bond acceptors (Lipinski definition) is 5. The zero-order valence-corrected chi connectivity index (χ0v) is 19.7. The molecule has 1 saturated carbocycles. The van der Waals surface area contributed by atoms with E-state index in [1.54, 1.807) is 13.8 Å². The quantitative estimate of drug-likeness (QED) is 0.499. The second-order valence-electron chi connectivity index (χ2n) is 6.77. The number of carboxylic acids is 1. The van der Waals surface area contributed by atoms with Crippen LogP contribution in [0.1, 0.15) is 59.8 Å². The zero-order chi connectivity index (χ0) is 22.0. The van der Waals surface area contributed by atoms with Crippen LogP contribution in [-0.2, 0) is 24.1 Å². The molecule has 8 nitrogen and oxygen atoms in total. The Kier molecular flexibility index (Phi) is 12.8. The fraction of sp³-hybridized carbons (Fsp3) is 0.941. The number of nitrogens with zero attached hydrogens (tertiary/aromatic N) is 2. The average Bonchev–Trinajstić information content (AvgIpc) is 2.61. The van der Waals surface area contributed by atoms with E-state index in [0.717, 1.165) is 12.8 Å². The Labute approximate surface area is 174 Å². The van der Waals surface area contributed by atoms with Gasteiger partial charge in [0.1, 0.15) is 0 Å². The minimum atomic E-state index is -3.46. The fourth-order valence-electron chi connectivity index (χ4n) is 3.29. The predicted octanol–water partition coefficient (Wildman–Crippen LogP) is 2.75. The van der Waals surface area contributed by atoms with Crippen molar-refractivity contribution in [3.05, 3.63) is 0 Å². The highest BCUT2D eigenvalue weighted by Crippen LogP contribution is 2.31. The molecule has 0 aliphatic heterocycles. The molecule has 11 heteroatoms. The van der Waals surface area contributed by atoms with Crippen LogP contribution in [0.2, 0.25) is 0 Å². The van der Waals surface area contributed by atoms with E-state index in [4.69, 9.17) is 15.8 Å². The van der Waals surface area contributed by atoms with Gasteiger partial charge < -0.3 is 5.11 Å². The Hall–Kier alpha value is -0.420. The summed E-state index contributed by atoms with van der Waals surface area (Å²) >= 11 is 0. The molecule has 0 radical (unpaired) electrons. The van der Waals surface area contributed by atoms with E-state index < -0.39 is 25.2 Å². The van der Waals surface area contributed by atoms with Gasteiger partial charge in [-0.15, -0.1) is 0 Å². The summed E-state index contributed by atoms with van der Waals surface area (Å²) in [6.45, 7) is 9.07. The number of carbonyl (C=O) groups is 1. The number of hydrogen-bond donors (Lipinski definition) is 1. The van der Waals surface area contributed by atoms with Crippen molar-refractivity contribution in [3.8, 4) is 0 Å². The van der Waals surface area contributed by atoms with Gasteiger partial charge in [-0.1, -0.05) is 27.7 Å². The lowest BCUT2D eigenvalue weighted by molar-refractivity contribution is -0.143. The maximum atomic E-state index is 12.0. The predicted molar refractivity (Wildman–Crippen MR) is 112 cm³/mol. The molecule has 1 N–H and O–H groups in total. The molecule has 28 heavy (non-hydrogen) atoms. The summed E-state index contributed by atoms with van der Waals surface area (Å²) in [7, 11) is -1.60. The van der Waals surface area contributed by atoms with E-state index >= 15 is 0 Å². The van der Waals surface area contributed by atoms with Crippen molar-refractivity contribution in [1.82, 2.24) is 8.61 Å². The molecule has 0 aromatic rings. The highest BCUT2D eigenvalue weighted by molar-refractivity contribution is 8.11. The Morgan fingerprint density at radius 3 is 1.61 bits per heavy atom.